The van der Waals surface area contributed by atoms with Crippen molar-refractivity contribution >= 4 is 5.78 Å². The Labute approximate surface area is 98.4 Å². The molecule has 0 aliphatic heterocycles. The van der Waals surface area contributed by atoms with Gasteiger partial charge in [0.2, 0.25) is 0 Å². The van der Waals surface area contributed by atoms with E-state index in [9.17, 15) is 4.79 Å². The Morgan fingerprint density at radius 3 is 2.71 bits per heavy atom. The highest BCUT2D eigenvalue weighted by atomic mass is 16.1. The summed E-state index contributed by atoms with van der Waals surface area (Å²) in [6.45, 7) is 0. The second kappa shape index (κ2) is 4.84. The number of carbonyl (C=O) groups excluding carboxylic acids is 1. The summed E-state index contributed by atoms with van der Waals surface area (Å²) in [6, 6.07) is 8.59. The number of benzene rings is 1. The number of ketones is 1. The number of tetrazole rings is 1. The fourth-order valence-electron chi connectivity index (χ4n) is 1.51. The summed E-state index contributed by atoms with van der Waals surface area (Å²) in [5.41, 5.74) is 6.65. The highest BCUT2D eigenvalue weighted by Gasteiger charge is 2.17. The molecule has 1 heterocycles. The van der Waals surface area contributed by atoms with E-state index >= 15 is 0 Å². The largest absolute Gasteiger partial charge is 0.318 e. The minimum atomic E-state index is -0.639. The summed E-state index contributed by atoms with van der Waals surface area (Å²) in [6.07, 6.45) is 0.101. The molecule has 6 heteroatoms. The lowest BCUT2D eigenvalue weighted by molar-refractivity contribution is -0.119. The maximum Gasteiger partial charge on any atom is 0.182 e. The normalized spacial score (nSPS) is 12.4. The summed E-state index contributed by atoms with van der Waals surface area (Å²) in [7, 11) is 1.65. The monoisotopic (exact) mass is 231 g/mol. The van der Waals surface area contributed by atoms with E-state index in [1.165, 1.54) is 4.80 Å². The summed E-state index contributed by atoms with van der Waals surface area (Å²) in [4.78, 5) is 13.2. The Kier molecular flexibility index (Phi) is 3.24. The highest BCUT2D eigenvalue weighted by Crippen LogP contribution is 2.11. The molecule has 0 aliphatic carbocycles. The Morgan fingerprint density at radius 2 is 2.12 bits per heavy atom. The van der Waals surface area contributed by atoms with Gasteiger partial charge in [-0.1, -0.05) is 30.3 Å². The summed E-state index contributed by atoms with van der Waals surface area (Å²) in [5.74, 6) is 0.271. The number of hydrogen-bond donors (Lipinski definition) is 1. The molecule has 1 unspecified atom stereocenters. The van der Waals surface area contributed by atoms with Crippen molar-refractivity contribution in [3.8, 4) is 0 Å². The Bertz CT molecular complexity index is 508. The Morgan fingerprint density at radius 1 is 1.41 bits per heavy atom. The number of hydrogen-bond acceptors (Lipinski definition) is 5. The van der Waals surface area contributed by atoms with E-state index in [1.807, 2.05) is 30.3 Å². The van der Waals surface area contributed by atoms with Crippen LogP contribution >= 0.6 is 0 Å². The van der Waals surface area contributed by atoms with E-state index in [4.69, 9.17) is 5.73 Å². The van der Waals surface area contributed by atoms with Gasteiger partial charge in [0.15, 0.2) is 11.6 Å². The van der Waals surface area contributed by atoms with Crippen molar-refractivity contribution in [2.24, 2.45) is 12.8 Å². The van der Waals surface area contributed by atoms with Crippen molar-refractivity contribution in [1.82, 2.24) is 20.2 Å². The Balaban J connectivity index is 2.06. The van der Waals surface area contributed by atoms with E-state index < -0.39 is 6.04 Å². The van der Waals surface area contributed by atoms with Gasteiger partial charge in [-0.3, -0.25) is 4.79 Å². The zero-order valence-electron chi connectivity index (χ0n) is 9.45. The van der Waals surface area contributed by atoms with E-state index in [0.29, 0.717) is 5.82 Å². The average molecular weight is 231 g/mol. The first kappa shape index (κ1) is 11.4. The lowest BCUT2D eigenvalue weighted by Crippen LogP contribution is -2.23. The molecule has 0 radical (unpaired) electrons. The molecule has 2 N–H and O–H groups in total. The fraction of sp³-hybridized carbons (Fsp3) is 0.273. The average Bonchev–Trinajstić information content (AvgIpc) is 2.75. The van der Waals surface area contributed by atoms with E-state index in [2.05, 4.69) is 15.4 Å². The van der Waals surface area contributed by atoms with E-state index in [1.54, 1.807) is 7.05 Å². The molecule has 0 bridgehead atoms. The van der Waals surface area contributed by atoms with Crippen molar-refractivity contribution in [2.75, 3.05) is 0 Å². The molecule has 1 aromatic heterocycles. The number of rotatable bonds is 4. The van der Waals surface area contributed by atoms with Crippen LogP contribution in [-0.4, -0.2) is 26.0 Å². The standard InChI is InChI=1S/C11H13N5O/c1-16-14-10(13-15-16)7-9(17)11(12)8-5-3-2-4-6-8/h2-6,11H,7,12H2,1H3. The quantitative estimate of drug-likeness (QED) is 0.801. The van der Waals surface area contributed by atoms with Crippen LogP contribution in [0, 0.1) is 0 Å². The first-order valence-corrected chi connectivity index (χ1v) is 5.23. The van der Waals surface area contributed by atoms with Crippen LogP contribution in [0.4, 0.5) is 0 Å². The third-order valence-corrected chi connectivity index (χ3v) is 2.39. The van der Waals surface area contributed by atoms with Gasteiger partial charge in [-0.15, -0.1) is 10.2 Å². The minimum absolute atomic E-state index is 0.101. The first-order valence-electron chi connectivity index (χ1n) is 5.23. The second-order valence-electron chi connectivity index (χ2n) is 3.73. The molecular formula is C11H13N5O. The number of carbonyl (C=O) groups is 1. The van der Waals surface area contributed by atoms with Gasteiger partial charge in [-0.05, 0) is 10.8 Å². The molecule has 1 atom stereocenters. The topological polar surface area (TPSA) is 86.7 Å². The summed E-state index contributed by atoms with van der Waals surface area (Å²) in [5, 5.41) is 11.4. The molecule has 0 aliphatic rings. The predicted molar refractivity (Wildman–Crippen MR) is 60.9 cm³/mol. The fourth-order valence-corrected chi connectivity index (χ4v) is 1.51. The third-order valence-electron chi connectivity index (χ3n) is 2.39. The first-order chi connectivity index (χ1) is 8.16. The van der Waals surface area contributed by atoms with Crippen LogP contribution in [0.3, 0.4) is 0 Å². The molecule has 6 nitrogen and oxygen atoms in total. The molecule has 88 valence electrons. The molecule has 0 spiro atoms. The molecular weight excluding hydrogens is 218 g/mol. The molecule has 2 rings (SSSR count). The number of aromatic nitrogens is 4. The molecule has 0 saturated heterocycles. The zero-order valence-corrected chi connectivity index (χ0v) is 9.45. The van der Waals surface area contributed by atoms with Crippen molar-refractivity contribution in [2.45, 2.75) is 12.5 Å². The lowest BCUT2D eigenvalue weighted by Gasteiger charge is -2.08. The van der Waals surface area contributed by atoms with Crippen LogP contribution < -0.4 is 5.73 Å². The van der Waals surface area contributed by atoms with Crippen LogP contribution in [0.1, 0.15) is 17.4 Å². The van der Waals surface area contributed by atoms with Gasteiger partial charge in [0.1, 0.15) is 0 Å². The zero-order chi connectivity index (χ0) is 12.3. The van der Waals surface area contributed by atoms with Crippen LogP contribution in [0.15, 0.2) is 30.3 Å². The molecule has 0 saturated carbocycles. The van der Waals surface area contributed by atoms with Crippen LogP contribution in [-0.2, 0) is 18.3 Å². The van der Waals surface area contributed by atoms with Crippen molar-refractivity contribution in [3.05, 3.63) is 41.7 Å². The van der Waals surface area contributed by atoms with Gasteiger partial charge in [-0.25, -0.2) is 0 Å². The van der Waals surface area contributed by atoms with Gasteiger partial charge in [0.25, 0.3) is 0 Å². The summed E-state index contributed by atoms with van der Waals surface area (Å²) >= 11 is 0. The van der Waals surface area contributed by atoms with Crippen LogP contribution in [0.25, 0.3) is 0 Å². The van der Waals surface area contributed by atoms with Gasteiger partial charge < -0.3 is 5.73 Å². The number of nitrogens with zero attached hydrogens (tertiary/aromatic N) is 4. The number of aryl methyl sites for hydroxylation is 1. The van der Waals surface area contributed by atoms with Gasteiger partial charge in [0, 0.05) is 0 Å². The maximum absolute atomic E-state index is 11.9. The molecule has 17 heavy (non-hydrogen) atoms. The second-order valence-corrected chi connectivity index (χ2v) is 3.73. The predicted octanol–water partition coefficient (Wildman–Crippen LogP) is 0.0217. The van der Waals surface area contributed by atoms with E-state index in [0.717, 1.165) is 5.56 Å². The SMILES string of the molecule is Cn1nnc(CC(=O)C(N)c2ccccc2)n1. The van der Waals surface area contributed by atoms with Crippen molar-refractivity contribution in [1.29, 1.82) is 0 Å². The highest BCUT2D eigenvalue weighted by molar-refractivity contribution is 5.86. The minimum Gasteiger partial charge on any atom is -0.318 e. The molecule has 2 aromatic rings. The summed E-state index contributed by atoms with van der Waals surface area (Å²) < 4.78 is 0. The number of nitrogens with two attached hydrogens (primary N) is 1. The van der Waals surface area contributed by atoms with Crippen LogP contribution in [0.5, 0.6) is 0 Å². The maximum atomic E-state index is 11.9. The van der Waals surface area contributed by atoms with Crippen LogP contribution in [0.2, 0.25) is 0 Å². The molecule has 0 amide bonds. The smallest absolute Gasteiger partial charge is 0.182 e. The Hall–Kier alpha value is -2.08. The van der Waals surface area contributed by atoms with Crippen molar-refractivity contribution < 1.29 is 4.79 Å². The van der Waals surface area contributed by atoms with Crippen molar-refractivity contribution in [3.63, 3.8) is 0 Å². The van der Waals surface area contributed by atoms with Gasteiger partial charge in [-0.2, -0.15) is 4.80 Å². The molecule has 0 fully saturated rings. The van der Waals surface area contributed by atoms with E-state index in [-0.39, 0.29) is 12.2 Å². The third kappa shape index (κ3) is 2.73. The lowest BCUT2D eigenvalue weighted by atomic mass is 10.0. The van der Waals surface area contributed by atoms with Gasteiger partial charge in [0.05, 0.1) is 19.5 Å². The van der Waals surface area contributed by atoms with Gasteiger partial charge >= 0.3 is 0 Å². The molecule has 1 aromatic carbocycles. The number of Topliss-reactive ketones (excluding diaryl/α,β-unsaturated/α-hetero) is 1.